The summed E-state index contributed by atoms with van der Waals surface area (Å²) >= 11 is 0. The van der Waals surface area contributed by atoms with Crippen LogP contribution in [0.4, 0.5) is 0 Å². The third kappa shape index (κ3) is 2.00. The topological polar surface area (TPSA) is 53.3 Å². The number of hydrogen-bond donors (Lipinski definition) is 2. The fourth-order valence-corrected chi connectivity index (χ4v) is 8.08. The average molecular weight is 332 g/mol. The van der Waals surface area contributed by atoms with Gasteiger partial charge in [0.1, 0.15) is 0 Å². The van der Waals surface area contributed by atoms with Crippen molar-refractivity contribution >= 4 is 5.71 Å². The molecule has 3 unspecified atom stereocenters. The molecule has 5 fully saturated rings. The fraction of sp³-hybridized carbons (Fsp3) is 0.952. The number of hydrogen-bond acceptors (Lipinski definition) is 3. The van der Waals surface area contributed by atoms with E-state index in [1.54, 1.807) is 7.11 Å². The van der Waals surface area contributed by atoms with Gasteiger partial charge < -0.3 is 15.3 Å². The van der Waals surface area contributed by atoms with Gasteiger partial charge in [-0.15, -0.1) is 0 Å². The molecule has 0 aromatic heterocycles. The van der Waals surface area contributed by atoms with Crippen molar-refractivity contribution in [1.82, 2.24) is 0 Å². The van der Waals surface area contributed by atoms with Crippen molar-refractivity contribution in [3.05, 3.63) is 0 Å². The highest BCUT2D eigenvalue weighted by Crippen LogP contribution is 2.70. The third-order valence-electron chi connectivity index (χ3n) is 9.06. The van der Waals surface area contributed by atoms with Gasteiger partial charge in [-0.05, 0) is 86.9 Å². The van der Waals surface area contributed by atoms with Gasteiger partial charge in [0, 0.05) is 24.2 Å². The largest absolute Gasteiger partial charge is 0.387 e. The van der Waals surface area contributed by atoms with Gasteiger partial charge in [0.05, 0.1) is 12.2 Å². The first-order valence-corrected chi connectivity index (χ1v) is 10.3. The standard InChI is InChI=1S/C21H33NO2/c1-20-7-5-14-13-6-8-21(23,11-24-2)10-12(13)3-4-15(14)18(20)16-9-17(16)19(20)22/h12-18,22-23H,3-11H2,1-2H3/t12-,13+,14?,15-,16?,17?,18-,20+,21-/m1/s1. The lowest BCUT2D eigenvalue weighted by molar-refractivity contribution is -0.120. The highest BCUT2D eigenvalue weighted by atomic mass is 16.5. The van der Waals surface area contributed by atoms with Crippen LogP contribution in [0.2, 0.25) is 0 Å². The van der Waals surface area contributed by atoms with Crippen LogP contribution in [0.1, 0.15) is 58.3 Å². The minimum atomic E-state index is -0.566. The van der Waals surface area contributed by atoms with Crippen molar-refractivity contribution < 1.29 is 9.84 Å². The van der Waals surface area contributed by atoms with Crippen molar-refractivity contribution in [3.8, 4) is 0 Å². The van der Waals surface area contributed by atoms with Crippen LogP contribution in [0.15, 0.2) is 0 Å². The monoisotopic (exact) mass is 331 g/mol. The van der Waals surface area contributed by atoms with Crippen LogP contribution < -0.4 is 0 Å². The molecular formula is C21H33NO2. The number of fused-ring (bicyclic) bond motifs is 7. The van der Waals surface area contributed by atoms with E-state index in [0.717, 1.165) is 48.1 Å². The van der Waals surface area contributed by atoms with Gasteiger partial charge in [-0.2, -0.15) is 0 Å². The van der Waals surface area contributed by atoms with Crippen molar-refractivity contribution in [2.45, 2.75) is 63.9 Å². The molecule has 5 aliphatic rings. The third-order valence-corrected chi connectivity index (χ3v) is 9.06. The van der Waals surface area contributed by atoms with Crippen molar-refractivity contribution in [2.24, 2.45) is 46.8 Å². The molecule has 134 valence electrons. The van der Waals surface area contributed by atoms with Crippen molar-refractivity contribution in [2.75, 3.05) is 13.7 Å². The average Bonchev–Trinajstić information content (AvgIpc) is 3.29. The fourth-order valence-electron chi connectivity index (χ4n) is 8.08. The van der Waals surface area contributed by atoms with Crippen LogP contribution in [0.5, 0.6) is 0 Å². The highest BCUT2D eigenvalue weighted by Gasteiger charge is 2.67. The van der Waals surface area contributed by atoms with Gasteiger partial charge in [0.15, 0.2) is 0 Å². The summed E-state index contributed by atoms with van der Waals surface area (Å²) < 4.78 is 5.30. The van der Waals surface area contributed by atoms with E-state index in [9.17, 15) is 5.11 Å². The van der Waals surface area contributed by atoms with Gasteiger partial charge >= 0.3 is 0 Å². The summed E-state index contributed by atoms with van der Waals surface area (Å²) in [5, 5.41) is 19.5. The number of aliphatic hydroxyl groups is 1. The molecule has 0 amide bonds. The summed E-state index contributed by atoms with van der Waals surface area (Å²) in [6.07, 6.45) is 9.65. The SMILES string of the molecule is COC[C@@]1(O)CC[C@@H]2C3CC[C@]4(C)C(=N)C5CC5[C@H]4[C@@H]3CC[C@@H]2C1. The highest BCUT2D eigenvalue weighted by molar-refractivity contribution is 5.95. The molecule has 24 heavy (non-hydrogen) atoms. The van der Waals surface area contributed by atoms with Crippen LogP contribution in [0.3, 0.4) is 0 Å². The first-order valence-electron chi connectivity index (χ1n) is 10.3. The Morgan fingerprint density at radius 2 is 1.88 bits per heavy atom. The lowest BCUT2D eigenvalue weighted by Gasteiger charge is -2.56. The summed E-state index contributed by atoms with van der Waals surface area (Å²) in [6, 6.07) is 0. The van der Waals surface area contributed by atoms with E-state index in [-0.39, 0.29) is 5.41 Å². The first-order chi connectivity index (χ1) is 11.5. The molecular weight excluding hydrogens is 298 g/mol. The molecule has 0 spiro atoms. The van der Waals surface area contributed by atoms with E-state index < -0.39 is 5.60 Å². The van der Waals surface area contributed by atoms with Gasteiger partial charge in [0.2, 0.25) is 0 Å². The lowest BCUT2D eigenvalue weighted by atomic mass is 9.49. The van der Waals surface area contributed by atoms with Gasteiger partial charge in [-0.3, -0.25) is 0 Å². The summed E-state index contributed by atoms with van der Waals surface area (Å²) in [5.74, 6) is 5.63. The molecule has 0 aliphatic heterocycles. The van der Waals surface area contributed by atoms with Crippen LogP contribution in [-0.4, -0.2) is 30.1 Å². The molecule has 0 heterocycles. The molecule has 5 rings (SSSR count). The smallest absolute Gasteiger partial charge is 0.0882 e. The van der Waals surface area contributed by atoms with E-state index in [0.29, 0.717) is 18.4 Å². The Bertz CT molecular complexity index is 562. The minimum Gasteiger partial charge on any atom is -0.387 e. The normalized spacial score (nSPS) is 58.5. The first kappa shape index (κ1) is 15.8. The van der Waals surface area contributed by atoms with E-state index >= 15 is 0 Å². The Kier molecular flexibility index (Phi) is 3.34. The maximum absolute atomic E-state index is 10.8. The van der Waals surface area contributed by atoms with Crippen molar-refractivity contribution in [3.63, 3.8) is 0 Å². The zero-order chi connectivity index (χ0) is 16.7. The Hall–Kier alpha value is -0.410. The minimum absolute atomic E-state index is 0.243. The Balaban J connectivity index is 1.37. The zero-order valence-electron chi connectivity index (χ0n) is 15.3. The Morgan fingerprint density at radius 3 is 2.67 bits per heavy atom. The van der Waals surface area contributed by atoms with Crippen LogP contribution in [0, 0.1) is 52.2 Å². The molecule has 0 bridgehead atoms. The maximum Gasteiger partial charge on any atom is 0.0882 e. The molecule has 0 radical (unpaired) electrons. The van der Waals surface area contributed by atoms with Crippen molar-refractivity contribution in [1.29, 1.82) is 5.41 Å². The number of nitrogens with one attached hydrogen (secondary N) is 1. The van der Waals surface area contributed by atoms with Crippen LogP contribution in [0.25, 0.3) is 0 Å². The van der Waals surface area contributed by atoms with E-state index in [1.807, 2.05) is 0 Å². The second-order valence-electron chi connectivity index (χ2n) is 10.1. The molecule has 3 nitrogen and oxygen atoms in total. The number of rotatable bonds is 2. The van der Waals surface area contributed by atoms with Gasteiger partial charge in [-0.1, -0.05) is 6.92 Å². The molecule has 5 aliphatic carbocycles. The number of ether oxygens (including phenoxy) is 1. The van der Waals surface area contributed by atoms with Gasteiger partial charge in [-0.25, -0.2) is 0 Å². The Labute approximate surface area is 146 Å². The molecule has 0 aromatic carbocycles. The molecule has 0 saturated heterocycles. The lowest BCUT2D eigenvalue weighted by Crippen LogP contribution is -2.52. The second-order valence-corrected chi connectivity index (χ2v) is 10.1. The Morgan fingerprint density at radius 1 is 1.08 bits per heavy atom. The van der Waals surface area contributed by atoms with E-state index in [4.69, 9.17) is 10.1 Å². The molecule has 2 N–H and O–H groups in total. The summed E-state index contributed by atoms with van der Waals surface area (Å²) in [4.78, 5) is 0. The summed E-state index contributed by atoms with van der Waals surface area (Å²) in [6.45, 7) is 2.93. The molecule has 3 heteroatoms. The predicted molar refractivity (Wildman–Crippen MR) is 94.0 cm³/mol. The predicted octanol–water partition coefficient (Wildman–Crippen LogP) is 3.89. The molecule has 0 aromatic rings. The molecule has 9 atom stereocenters. The van der Waals surface area contributed by atoms with Crippen LogP contribution >= 0.6 is 0 Å². The van der Waals surface area contributed by atoms with E-state index in [1.165, 1.54) is 38.5 Å². The summed E-state index contributed by atoms with van der Waals surface area (Å²) in [7, 11) is 1.71. The quantitative estimate of drug-likeness (QED) is 0.806. The summed E-state index contributed by atoms with van der Waals surface area (Å²) in [5.41, 5.74) is 0.798. The van der Waals surface area contributed by atoms with Crippen LogP contribution in [-0.2, 0) is 4.74 Å². The maximum atomic E-state index is 10.8. The zero-order valence-corrected chi connectivity index (χ0v) is 15.3. The van der Waals surface area contributed by atoms with Gasteiger partial charge in [0.25, 0.3) is 0 Å². The second kappa shape index (κ2) is 5.07. The molecule has 5 saturated carbocycles. The number of methoxy groups -OCH3 is 1. The van der Waals surface area contributed by atoms with E-state index in [2.05, 4.69) is 6.92 Å².